The average Bonchev–Trinajstić information content (AvgIpc) is 2.38. The zero-order valence-corrected chi connectivity index (χ0v) is 11.4. The van der Waals surface area contributed by atoms with E-state index in [0.717, 1.165) is 0 Å². The SMILES string of the molecule is Cl/C=C/[As](c1ccccc1)c1ccccc1. The fourth-order valence-corrected chi connectivity index (χ4v) is 5.79. The first-order valence-electron chi connectivity index (χ1n) is 5.08. The van der Waals surface area contributed by atoms with E-state index in [-0.39, 0.29) is 0 Å². The van der Waals surface area contributed by atoms with Gasteiger partial charge in [0.2, 0.25) is 0 Å². The van der Waals surface area contributed by atoms with Crippen molar-refractivity contribution in [1.29, 1.82) is 0 Å². The van der Waals surface area contributed by atoms with Crippen LogP contribution in [-0.2, 0) is 0 Å². The van der Waals surface area contributed by atoms with E-state index in [1.807, 2.05) is 12.1 Å². The molecule has 0 aliphatic carbocycles. The molecule has 0 nitrogen and oxygen atoms in total. The van der Waals surface area contributed by atoms with Crippen LogP contribution in [0.2, 0.25) is 0 Å². The van der Waals surface area contributed by atoms with Gasteiger partial charge in [-0.1, -0.05) is 0 Å². The third kappa shape index (κ3) is 2.78. The molecule has 0 saturated carbocycles. The number of rotatable bonds is 3. The van der Waals surface area contributed by atoms with Crippen molar-refractivity contribution >= 4 is 35.0 Å². The van der Waals surface area contributed by atoms with Gasteiger partial charge in [0.1, 0.15) is 0 Å². The summed E-state index contributed by atoms with van der Waals surface area (Å²) < 4.78 is 2.80. The van der Waals surface area contributed by atoms with E-state index in [0.29, 0.717) is 0 Å². The fraction of sp³-hybridized carbons (Fsp3) is 0. The van der Waals surface area contributed by atoms with E-state index in [9.17, 15) is 0 Å². The van der Waals surface area contributed by atoms with E-state index < -0.39 is 14.7 Å². The Morgan fingerprint density at radius 1 is 0.750 bits per heavy atom. The van der Waals surface area contributed by atoms with Crippen molar-refractivity contribution in [3.8, 4) is 0 Å². The summed E-state index contributed by atoms with van der Waals surface area (Å²) in [5.41, 5.74) is 1.65. The number of hydrogen-bond donors (Lipinski definition) is 0. The normalized spacial score (nSPS) is 11.1. The summed E-state index contributed by atoms with van der Waals surface area (Å²) in [6.07, 6.45) is 0. The maximum atomic E-state index is 5.75. The molecule has 0 aliphatic heterocycles. The van der Waals surface area contributed by atoms with Crippen LogP contribution in [0, 0.1) is 0 Å². The summed E-state index contributed by atoms with van der Waals surface area (Å²) in [5, 5.41) is 0. The molecule has 80 valence electrons. The second-order valence-electron chi connectivity index (χ2n) is 3.32. The van der Waals surface area contributed by atoms with Gasteiger partial charge in [-0.05, 0) is 0 Å². The molecule has 0 bridgehead atoms. The molecule has 0 spiro atoms. The van der Waals surface area contributed by atoms with Gasteiger partial charge < -0.3 is 0 Å². The quantitative estimate of drug-likeness (QED) is 0.762. The van der Waals surface area contributed by atoms with E-state index in [1.54, 1.807) is 5.54 Å². The standard InChI is InChI=1S/C14H12AsCl/c16-12-11-15(13-7-3-1-4-8-13)14-9-5-2-6-10-14/h1-12H/b12-11+. The Labute approximate surface area is 106 Å². The van der Waals surface area contributed by atoms with Gasteiger partial charge in [0, 0.05) is 0 Å². The Kier molecular flexibility index (Phi) is 4.27. The van der Waals surface area contributed by atoms with Gasteiger partial charge in [0.15, 0.2) is 0 Å². The summed E-state index contributed by atoms with van der Waals surface area (Å²) in [7, 11) is 0. The molecule has 2 aromatic carbocycles. The van der Waals surface area contributed by atoms with Crippen LogP contribution in [0.15, 0.2) is 71.1 Å². The fourth-order valence-electron chi connectivity index (χ4n) is 1.55. The Morgan fingerprint density at radius 3 is 1.56 bits per heavy atom. The summed E-state index contributed by atoms with van der Waals surface area (Å²) in [5.74, 6) is 0. The van der Waals surface area contributed by atoms with Crippen LogP contribution < -0.4 is 8.70 Å². The number of hydrogen-bond acceptors (Lipinski definition) is 0. The molecule has 0 aliphatic rings. The second-order valence-corrected chi connectivity index (χ2v) is 7.91. The minimum absolute atomic E-state index is 1.34. The van der Waals surface area contributed by atoms with Crippen molar-refractivity contribution in [1.82, 2.24) is 0 Å². The van der Waals surface area contributed by atoms with Gasteiger partial charge in [-0.3, -0.25) is 0 Å². The molecule has 0 fully saturated rings. The van der Waals surface area contributed by atoms with Crippen LogP contribution in [-0.4, -0.2) is 14.7 Å². The Bertz CT molecular complexity index is 411. The molecule has 0 aromatic heterocycles. The van der Waals surface area contributed by atoms with E-state index in [2.05, 4.69) is 53.4 Å². The molecule has 16 heavy (non-hydrogen) atoms. The monoisotopic (exact) mass is 290 g/mol. The Balaban J connectivity index is 2.39. The first-order chi connectivity index (χ1) is 7.92. The summed E-state index contributed by atoms with van der Waals surface area (Å²) >= 11 is 4.41. The van der Waals surface area contributed by atoms with Gasteiger partial charge in [-0.25, -0.2) is 0 Å². The molecule has 2 rings (SSSR count). The van der Waals surface area contributed by atoms with Crippen LogP contribution in [0.3, 0.4) is 0 Å². The van der Waals surface area contributed by atoms with E-state index in [1.165, 1.54) is 8.70 Å². The second kappa shape index (κ2) is 5.94. The van der Waals surface area contributed by atoms with Gasteiger partial charge in [-0.2, -0.15) is 0 Å². The van der Waals surface area contributed by atoms with Crippen LogP contribution in [0.25, 0.3) is 0 Å². The van der Waals surface area contributed by atoms with Crippen molar-refractivity contribution in [3.05, 3.63) is 71.1 Å². The van der Waals surface area contributed by atoms with Crippen LogP contribution >= 0.6 is 11.6 Å². The minimum atomic E-state index is -1.34. The zero-order valence-electron chi connectivity index (χ0n) is 8.75. The Hall–Kier alpha value is -0.972. The van der Waals surface area contributed by atoms with Gasteiger partial charge in [0.05, 0.1) is 0 Å². The van der Waals surface area contributed by atoms with E-state index >= 15 is 0 Å². The van der Waals surface area contributed by atoms with Crippen molar-refractivity contribution in [2.24, 2.45) is 0 Å². The molecule has 0 unspecified atom stereocenters. The Morgan fingerprint density at radius 2 is 1.19 bits per heavy atom. The first kappa shape index (κ1) is 11.5. The third-order valence-corrected chi connectivity index (χ3v) is 7.31. The predicted octanol–water partition coefficient (Wildman–Crippen LogP) is 2.59. The maximum absolute atomic E-state index is 5.75. The molecule has 0 atom stereocenters. The first-order valence-corrected chi connectivity index (χ1v) is 8.47. The van der Waals surface area contributed by atoms with Crippen LogP contribution in [0.5, 0.6) is 0 Å². The van der Waals surface area contributed by atoms with Gasteiger partial charge in [-0.15, -0.1) is 0 Å². The molecule has 0 radical (unpaired) electrons. The van der Waals surface area contributed by atoms with Crippen molar-refractivity contribution in [2.45, 2.75) is 0 Å². The summed E-state index contributed by atoms with van der Waals surface area (Å²) in [4.78, 5) is 2.15. The van der Waals surface area contributed by atoms with Gasteiger partial charge >= 0.3 is 106 Å². The van der Waals surface area contributed by atoms with Crippen LogP contribution in [0.1, 0.15) is 0 Å². The van der Waals surface area contributed by atoms with Crippen LogP contribution in [0.4, 0.5) is 0 Å². The molecular weight excluding hydrogens is 279 g/mol. The van der Waals surface area contributed by atoms with Crippen molar-refractivity contribution < 1.29 is 0 Å². The van der Waals surface area contributed by atoms with E-state index in [4.69, 9.17) is 11.6 Å². The zero-order chi connectivity index (χ0) is 11.2. The topological polar surface area (TPSA) is 0 Å². The molecule has 2 aromatic rings. The molecule has 0 saturated heterocycles. The summed E-state index contributed by atoms with van der Waals surface area (Å²) in [6, 6.07) is 21.2. The number of halogens is 1. The van der Waals surface area contributed by atoms with Crippen molar-refractivity contribution in [3.63, 3.8) is 0 Å². The molecule has 2 heteroatoms. The molecular formula is C14H12AsCl. The number of benzene rings is 2. The average molecular weight is 291 g/mol. The van der Waals surface area contributed by atoms with Gasteiger partial charge in [0.25, 0.3) is 0 Å². The predicted molar refractivity (Wildman–Crippen MR) is 72.9 cm³/mol. The molecule has 0 N–H and O–H groups in total. The molecule has 0 amide bonds. The summed E-state index contributed by atoms with van der Waals surface area (Å²) in [6.45, 7) is 0. The molecule has 0 heterocycles. The third-order valence-electron chi connectivity index (χ3n) is 2.27. The van der Waals surface area contributed by atoms with Crippen molar-refractivity contribution in [2.75, 3.05) is 0 Å².